The van der Waals surface area contributed by atoms with E-state index >= 15 is 0 Å². The highest BCUT2D eigenvalue weighted by Crippen LogP contribution is 2.13. The van der Waals surface area contributed by atoms with Gasteiger partial charge in [-0.15, -0.1) is 0 Å². The molecule has 3 N–H and O–H groups in total. The van der Waals surface area contributed by atoms with Gasteiger partial charge in [-0.2, -0.15) is 0 Å². The number of hydrogen-bond donors (Lipinski definition) is 3. The molecule has 0 radical (unpaired) electrons. The standard InChI is InChI=1S/C15H22N2O5S/c1-10(2)8-12(15(19)20)9-17-14(18)11-4-6-13(7-5-11)23(21,22)16-3/h4-7,10,12,16H,8-9H2,1-3H3,(H,17,18)(H,19,20). The van der Waals surface area contributed by atoms with Gasteiger partial charge in [-0.3, -0.25) is 9.59 Å². The summed E-state index contributed by atoms with van der Waals surface area (Å²) >= 11 is 0. The molecule has 8 heteroatoms. The third-order valence-electron chi connectivity index (χ3n) is 3.31. The van der Waals surface area contributed by atoms with Crippen LogP contribution in [0.2, 0.25) is 0 Å². The Bertz CT molecular complexity index is 653. The van der Waals surface area contributed by atoms with Gasteiger partial charge in [0.2, 0.25) is 10.0 Å². The largest absolute Gasteiger partial charge is 0.481 e. The van der Waals surface area contributed by atoms with Crippen LogP contribution in [-0.2, 0) is 14.8 Å². The quantitative estimate of drug-likeness (QED) is 0.654. The number of benzene rings is 1. The molecule has 128 valence electrons. The minimum absolute atomic E-state index is 0.0307. The Kier molecular flexibility index (Phi) is 6.71. The molecular formula is C15H22N2O5S. The highest BCUT2D eigenvalue weighted by atomic mass is 32.2. The molecule has 23 heavy (non-hydrogen) atoms. The molecule has 0 aromatic heterocycles. The van der Waals surface area contributed by atoms with E-state index < -0.39 is 27.8 Å². The average Bonchev–Trinajstić information content (AvgIpc) is 2.50. The number of nitrogens with one attached hydrogen (secondary N) is 2. The number of hydrogen-bond acceptors (Lipinski definition) is 4. The number of carboxylic acids is 1. The molecule has 0 saturated carbocycles. The lowest BCUT2D eigenvalue weighted by atomic mass is 9.97. The molecule has 1 aromatic rings. The summed E-state index contributed by atoms with van der Waals surface area (Å²) in [5.74, 6) is -1.83. The number of carbonyl (C=O) groups excluding carboxylic acids is 1. The van der Waals surface area contributed by atoms with Gasteiger partial charge in [-0.1, -0.05) is 13.8 Å². The SMILES string of the molecule is CNS(=O)(=O)c1ccc(C(=O)NCC(CC(C)C)C(=O)O)cc1. The van der Waals surface area contributed by atoms with Crippen LogP contribution in [0.5, 0.6) is 0 Å². The Morgan fingerprint density at radius 3 is 2.17 bits per heavy atom. The molecule has 0 aliphatic carbocycles. The summed E-state index contributed by atoms with van der Waals surface area (Å²) in [6.45, 7) is 3.86. The number of carbonyl (C=O) groups is 2. The molecule has 1 unspecified atom stereocenters. The zero-order valence-corrected chi connectivity index (χ0v) is 14.2. The highest BCUT2D eigenvalue weighted by molar-refractivity contribution is 7.89. The molecule has 0 spiro atoms. The fourth-order valence-corrected chi connectivity index (χ4v) is 2.79. The predicted molar refractivity (Wildman–Crippen MR) is 85.6 cm³/mol. The lowest BCUT2D eigenvalue weighted by Gasteiger charge is -2.15. The minimum atomic E-state index is -3.55. The van der Waals surface area contributed by atoms with E-state index in [2.05, 4.69) is 10.0 Å². The Labute approximate surface area is 136 Å². The monoisotopic (exact) mass is 342 g/mol. The number of aliphatic carboxylic acids is 1. The molecule has 0 aliphatic rings. The molecule has 1 atom stereocenters. The van der Waals surface area contributed by atoms with Gasteiger partial charge in [0, 0.05) is 12.1 Å². The Balaban J connectivity index is 2.73. The molecular weight excluding hydrogens is 320 g/mol. The Hall–Kier alpha value is -1.93. The second-order valence-electron chi connectivity index (χ2n) is 5.61. The lowest BCUT2D eigenvalue weighted by Crippen LogP contribution is -2.33. The minimum Gasteiger partial charge on any atom is -0.481 e. The van der Waals surface area contributed by atoms with Crippen molar-refractivity contribution in [1.29, 1.82) is 0 Å². The topological polar surface area (TPSA) is 113 Å². The number of sulfonamides is 1. The van der Waals surface area contributed by atoms with E-state index in [4.69, 9.17) is 5.11 Å². The van der Waals surface area contributed by atoms with Crippen molar-refractivity contribution in [2.45, 2.75) is 25.2 Å². The van der Waals surface area contributed by atoms with Crippen molar-refractivity contribution in [1.82, 2.24) is 10.0 Å². The zero-order chi connectivity index (χ0) is 17.6. The summed E-state index contributed by atoms with van der Waals surface area (Å²) < 4.78 is 25.4. The first kappa shape index (κ1) is 19.1. The second kappa shape index (κ2) is 8.07. The van der Waals surface area contributed by atoms with E-state index in [1.807, 2.05) is 13.8 Å². The Morgan fingerprint density at radius 1 is 1.17 bits per heavy atom. The van der Waals surface area contributed by atoms with Crippen LogP contribution in [0.3, 0.4) is 0 Å². The maximum atomic E-state index is 12.0. The van der Waals surface area contributed by atoms with Gasteiger partial charge in [0.15, 0.2) is 0 Å². The van der Waals surface area contributed by atoms with E-state index in [-0.39, 0.29) is 22.9 Å². The summed E-state index contributed by atoms with van der Waals surface area (Å²) in [6, 6.07) is 5.42. The first-order valence-electron chi connectivity index (χ1n) is 7.22. The molecule has 0 fully saturated rings. The van der Waals surface area contributed by atoms with Crippen LogP contribution in [0.15, 0.2) is 29.2 Å². The number of carboxylic acid groups (broad SMARTS) is 1. The summed E-state index contributed by atoms with van der Waals surface area (Å²) in [4.78, 5) is 23.2. The third kappa shape index (κ3) is 5.65. The normalized spacial score (nSPS) is 12.9. The van der Waals surface area contributed by atoms with Gasteiger partial charge in [0.05, 0.1) is 10.8 Å². The van der Waals surface area contributed by atoms with Crippen molar-refractivity contribution in [3.8, 4) is 0 Å². The molecule has 1 amide bonds. The van der Waals surface area contributed by atoms with Crippen molar-refractivity contribution >= 4 is 21.9 Å². The molecule has 7 nitrogen and oxygen atoms in total. The smallest absolute Gasteiger partial charge is 0.308 e. The van der Waals surface area contributed by atoms with Crippen LogP contribution in [0.4, 0.5) is 0 Å². The highest BCUT2D eigenvalue weighted by Gasteiger charge is 2.20. The van der Waals surface area contributed by atoms with E-state index in [1.54, 1.807) is 0 Å². The van der Waals surface area contributed by atoms with Crippen molar-refractivity contribution in [3.63, 3.8) is 0 Å². The van der Waals surface area contributed by atoms with Crippen molar-refractivity contribution in [2.75, 3.05) is 13.6 Å². The van der Waals surface area contributed by atoms with Gasteiger partial charge in [0.25, 0.3) is 5.91 Å². The fraction of sp³-hybridized carbons (Fsp3) is 0.467. The van der Waals surface area contributed by atoms with Crippen molar-refractivity contribution in [3.05, 3.63) is 29.8 Å². The van der Waals surface area contributed by atoms with Crippen LogP contribution in [0.25, 0.3) is 0 Å². The van der Waals surface area contributed by atoms with Crippen LogP contribution in [-0.4, -0.2) is 39.0 Å². The lowest BCUT2D eigenvalue weighted by molar-refractivity contribution is -0.142. The first-order valence-corrected chi connectivity index (χ1v) is 8.70. The average molecular weight is 342 g/mol. The summed E-state index contributed by atoms with van der Waals surface area (Å²) in [5, 5.41) is 11.7. The number of amides is 1. The fourth-order valence-electron chi connectivity index (χ4n) is 2.06. The molecule has 0 saturated heterocycles. The van der Waals surface area contributed by atoms with Gasteiger partial charge in [-0.05, 0) is 43.7 Å². The van der Waals surface area contributed by atoms with Gasteiger partial charge in [-0.25, -0.2) is 13.1 Å². The molecule has 0 bridgehead atoms. The molecule has 1 rings (SSSR count). The third-order valence-corrected chi connectivity index (χ3v) is 4.74. The maximum Gasteiger partial charge on any atom is 0.308 e. The molecule has 1 aromatic carbocycles. The van der Waals surface area contributed by atoms with Crippen LogP contribution in [0.1, 0.15) is 30.6 Å². The molecule has 0 aliphatic heterocycles. The summed E-state index contributed by atoms with van der Waals surface area (Å²) in [6.07, 6.45) is 0.467. The van der Waals surface area contributed by atoms with E-state index in [0.717, 1.165) is 0 Å². The predicted octanol–water partition coefficient (Wildman–Crippen LogP) is 1.07. The van der Waals surface area contributed by atoms with Crippen molar-refractivity contribution < 1.29 is 23.1 Å². The number of rotatable bonds is 8. The zero-order valence-electron chi connectivity index (χ0n) is 13.4. The van der Waals surface area contributed by atoms with Gasteiger partial charge < -0.3 is 10.4 Å². The van der Waals surface area contributed by atoms with E-state index in [9.17, 15) is 18.0 Å². The van der Waals surface area contributed by atoms with E-state index in [1.165, 1.54) is 31.3 Å². The van der Waals surface area contributed by atoms with Crippen LogP contribution < -0.4 is 10.0 Å². The van der Waals surface area contributed by atoms with E-state index in [0.29, 0.717) is 6.42 Å². The van der Waals surface area contributed by atoms with Crippen LogP contribution in [0, 0.1) is 11.8 Å². The summed E-state index contributed by atoms with van der Waals surface area (Å²) in [5.41, 5.74) is 0.272. The molecule has 0 heterocycles. The van der Waals surface area contributed by atoms with Crippen molar-refractivity contribution in [2.24, 2.45) is 11.8 Å². The van der Waals surface area contributed by atoms with Gasteiger partial charge in [0.1, 0.15) is 0 Å². The van der Waals surface area contributed by atoms with Gasteiger partial charge >= 0.3 is 5.97 Å². The van der Waals surface area contributed by atoms with Crippen LogP contribution >= 0.6 is 0 Å². The Morgan fingerprint density at radius 2 is 1.74 bits per heavy atom. The second-order valence-corrected chi connectivity index (χ2v) is 7.49. The first-order chi connectivity index (χ1) is 10.7. The summed E-state index contributed by atoms with van der Waals surface area (Å²) in [7, 11) is -2.25. The maximum absolute atomic E-state index is 12.0.